The van der Waals surface area contributed by atoms with Gasteiger partial charge in [0.25, 0.3) is 0 Å². The average Bonchev–Trinajstić information content (AvgIpc) is 2.19. The number of carbonyl (C=O) groups is 2. The van der Waals surface area contributed by atoms with Crippen LogP contribution in [-0.2, 0) is 14.3 Å². The first-order valence-corrected chi connectivity index (χ1v) is 4.66. The molecule has 0 aromatic heterocycles. The normalized spacial score (nSPS) is 11.8. The van der Waals surface area contributed by atoms with Crippen LogP contribution in [0.25, 0.3) is 0 Å². The number of hydrogen-bond donors (Lipinski definition) is 1. The quantitative estimate of drug-likeness (QED) is 0.347. The van der Waals surface area contributed by atoms with Gasteiger partial charge in [-0.05, 0) is 24.6 Å². The zero-order valence-electron chi connectivity index (χ0n) is 8.47. The van der Waals surface area contributed by atoms with Gasteiger partial charge in [-0.1, -0.05) is 12.1 Å². The molecule has 0 aliphatic rings. The van der Waals surface area contributed by atoms with Gasteiger partial charge in [0, 0.05) is 5.69 Å². The molecule has 4 nitrogen and oxygen atoms in total. The molecule has 1 unspecified atom stereocenters. The number of benzene rings is 1. The fourth-order valence-corrected chi connectivity index (χ4v) is 1.25. The maximum Gasteiger partial charge on any atom is 0.320 e. The minimum Gasteiger partial charge on any atom is -0.465 e. The van der Waals surface area contributed by atoms with E-state index >= 15 is 0 Å². The van der Waals surface area contributed by atoms with Crippen LogP contribution in [0.2, 0.25) is 0 Å². The van der Waals surface area contributed by atoms with Crippen LogP contribution in [-0.4, -0.2) is 18.9 Å². The lowest BCUT2D eigenvalue weighted by molar-refractivity contribution is -0.146. The largest absolute Gasteiger partial charge is 0.465 e. The highest BCUT2D eigenvalue weighted by atomic mass is 16.5. The number of anilines is 1. The van der Waals surface area contributed by atoms with E-state index in [2.05, 4.69) is 0 Å². The van der Waals surface area contributed by atoms with Gasteiger partial charge < -0.3 is 15.3 Å². The molecular weight excluding hydrogens is 194 g/mol. The summed E-state index contributed by atoms with van der Waals surface area (Å²) in [5.74, 6) is -1.42. The summed E-state index contributed by atoms with van der Waals surface area (Å²) in [5.41, 5.74) is 6.63. The predicted octanol–water partition coefficient (Wildman–Crippen LogP) is 1.11. The predicted molar refractivity (Wildman–Crippen MR) is 56.3 cm³/mol. The number of nitrogen functional groups attached to an aromatic ring is 1. The van der Waals surface area contributed by atoms with Crippen molar-refractivity contribution in [1.82, 2.24) is 0 Å². The Kier molecular flexibility index (Phi) is 3.85. The Hall–Kier alpha value is -1.84. The van der Waals surface area contributed by atoms with Gasteiger partial charge in [0.05, 0.1) is 6.61 Å². The second-order valence-corrected chi connectivity index (χ2v) is 3.04. The van der Waals surface area contributed by atoms with Crippen molar-refractivity contribution in [1.29, 1.82) is 0 Å². The minimum atomic E-state index is -0.881. The molecule has 0 radical (unpaired) electrons. The second kappa shape index (κ2) is 5.14. The third-order valence-electron chi connectivity index (χ3n) is 1.95. The molecule has 2 N–H and O–H groups in total. The number of rotatable bonds is 4. The summed E-state index contributed by atoms with van der Waals surface area (Å²) in [6.45, 7) is 1.95. The Morgan fingerprint density at radius 2 is 2.33 bits per heavy atom. The molecule has 0 saturated carbocycles. The number of esters is 1. The van der Waals surface area contributed by atoms with Gasteiger partial charge in [-0.3, -0.25) is 4.79 Å². The fraction of sp³-hybridized carbons (Fsp3) is 0.273. The van der Waals surface area contributed by atoms with Crippen LogP contribution in [0.1, 0.15) is 18.4 Å². The minimum absolute atomic E-state index is 0.255. The molecule has 0 amide bonds. The third-order valence-corrected chi connectivity index (χ3v) is 1.95. The van der Waals surface area contributed by atoms with E-state index in [1.54, 1.807) is 31.2 Å². The van der Waals surface area contributed by atoms with E-state index < -0.39 is 11.9 Å². The van der Waals surface area contributed by atoms with Crippen LogP contribution < -0.4 is 5.73 Å². The monoisotopic (exact) mass is 207 g/mol. The third kappa shape index (κ3) is 2.80. The Morgan fingerprint density at radius 3 is 2.87 bits per heavy atom. The van der Waals surface area contributed by atoms with Gasteiger partial charge in [-0.25, -0.2) is 0 Å². The molecule has 0 heterocycles. The Balaban J connectivity index is 2.92. The van der Waals surface area contributed by atoms with Crippen molar-refractivity contribution in [3.05, 3.63) is 29.8 Å². The van der Waals surface area contributed by atoms with Crippen LogP contribution in [0.5, 0.6) is 0 Å². The SMILES string of the molecule is CCOC(=O)C(C=O)c1cccc(N)c1. The molecule has 0 bridgehead atoms. The first kappa shape index (κ1) is 11.2. The lowest BCUT2D eigenvalue weighted by Gasteiger charge is -2.09. The van der Waals surface area contributed by atoms with Crippen molar-refractivity contribution in [2.45, 2.75) is 12.8 Å². The van der Waals surface area contributed by atoms with Crippen molar-refractivity contribution in [3.8, 4) is 0 Å². The second-order valence-electron chi connectivity index (χ2n) is 3.04. The van der Waals surface area contributed by atoms with Gasteiger partial charge in [0.1, 0.15) is 12.2 Å². The number of carbonyl (C=O) groups excluding carboxylic acids is 2. The smallest absolute Gasteiger partial charge is 0.320 e. The van der Waals surface area contributed by atoms with Gasteiger partial charge in [-0.2, -0.15) is 0 Å². The van der Waals surface area contributed by atoms with E-state index in [4.69, 9.17) is 10.5 Å². The zero-order valence-corrected chi connectivity index (χ0v) is 8.47. The molecule has 1 aromatic carbocycles. The Morgan fingerprint density at radius 1 is 1.60 bits per heavy atom. The fourth-order valence-electron chi connectivity index (χ4n) is 1.25. The van der Waals surface area contributed by atoms with Crippen LogP contribution in [0.15, 0.2) is 24.3 Å². The number of ether oxygens (including phenoxy) is 1. The first-order chi connectivity index (χ1) is 7.19. The van der Waals surface area contributed by atoms with Gasteiger partial charge in [0.2, 0.25) is 0 Å². The summed E-state index contributed by atoms with van der Waals surface area (Å²) < 4.78 is 4.78. The van der Waals surface area contributed by atoms with Crippen molar-refractivity contribution in [3.63, 3.8) is 0 Å². The van der Waals surface area contributed by atoms with E-state index in [0.29, 0.717) is 17.5 Å². The average molecular weight is 207 g/mol. The highest BCUT2D eigenvalue weighted by Crippen LogP contribution is 2.17. The van der Waals surface area contributed by atoms with E-state index in [1.807, 2.05) is 0 Å². The molecule has 1 aromatic rings. The van der Waals surface area contributed by atoms with Crippen molar-refractivity contribution >= 4 is 17.9 Å². The standard InChI is InChI=1S/C11H13NO3/c1-2-15-11(14)10(7-13)8-4-3-5-9(12)6-8/h3-7,10H,2,12H2,1H3. The Labute approximate surface area is 88.0 Å². The van der Waals surface area contributed by atoms with E-state index in [0.717, 1.165) is 0 Å². The summed E-state index contributed by atoms with van der Waals surface area (Å²) in [7, 11) is 0. The van der Waals surface area contributed by atoms with Gasteiger partial charge >= 0.3 is 5.97 Å². The molecule has 80 valence electrons. The summed E-state index contributed by atoms with van der Waals surface area (Å²) in [6, 6.07) is 6.65. The molecule has 4 heteroatoms. The number of aldehydes is 1. The van der Waals surface area contributed by atoms with Crippen LogP contribution in [0.4, 0.5) is 5.69 Å². The molecule has 0 aliphatic carbocycles. The highest BCUT2D eigenvalue weighted by Gasteiger charge is 2.20. The summed E-state index contributed by atoms with van der Waals surface area (Å²) in [4.78, 5) is 22.2. The molecule has 0 fully saturated rings. The first-order valence-electron chi connectivity index (χ1n) is 4.66. The molecule has 1 atom stereocenters. The molecule has 0 spiro atoms. The topological polar surface area (TPSA) is 69.4 Å². The Bertz CT molecular complexity index is 363. The zero-order chi connectivity index (χ0) is 11.3. The summed E-state index contributed by atoms with van der Waals surface area (Å²) >= 11 is 0. The van der Waals surface area contributed by atoms with E-state index in [1.165, 1.54) is 0 Å². The summed E-state index contributed by atoms with van der Waals surface area (Å²) in [5, 5.41) is 0. The maximum absolute atomic E-state index is 11.4. The lowest BCUT2D eigenvalue weighted by atomic mass is 10.0. The van der Waals surface area contributed by atoms with E-state index in [9.17, 15) is 9.59 Å². The van der Waals surface area contributed by atoms with Crippen LogP contribution >= 0.6 is 0 Å². The van der Waals surface area contributed by atoms with Crippen LogP contribution in [0, 0.1) is 0 Å². The molecular formula is C11H13NO3. The number of hydrogen-bond acceptors (Lipinski definition) is 4. The molecule has 0 aliphatic heterocycles. The molecule has 0 saturated heterocycles. The molecule has 1 rings (SSSR count). The maximum atomic E-state index is 11.4. The lowest BCUT2D eigenvalue weighted by Crippen LogP contribution is -2.17. The van der Waals surface area contributed by atoms with Crippen molar-refractivity contribution in [2.24, 2.45) is 0 Å². The van der Waals surface area contributed by atoms with Crippen molar-refractivity contribution < 1.29 is 14.3 Å². The van der Waals surface area contributed by atoms with Gasteiger partial charge in [-0.15, -0.1) is 0 Å². The van der Waals surface area contributed by atoms with Crippen LogP contribution in [0.3, 0.4) is 0 Å². The number of nitrogens with two attached hydrogens (primary N) is 1. The van der Waals surface area contributed by atoms with Crippen molar-refractivity contribution in [2.75, 3.05) is 12.3 Å². The highest BCUT2D eigenvalue weighted by molar-refractivity contribution is 5.94. The molecule has 15 heavy (non-hydrogen) atoms. The van der Waals surface area contributed by atoms with E-state index in [-0.39, 0.29) is 6.61 Å². The summed E-state index contributed by atoms with van der Waals surface area (Å²) in [6.07, 6.45) is 0.562. The van der Waals surface area contributed by atoms with Gasteiger partial charge in [0.15, 0.2) is 0 Å².